The van der Waals surface area contributed by atoms with E-state index in [4.69, 9.17) is 4.74 Å². The molecule has 0 aliphatic carbocycles. The molecule has 1 aliphatic rings. The quantitative estimate of drug-likeness (QED) is 0.255. The van der Waals surface area contributed by atoms with Crippen LogP contribution < -0.4 is 0 Å². The van der Waals surface area contributed by atoms with Crippen LogP contribution in [0, 0.1) is 17.5 Å². The third-order valence-electron chi connectivity index (χ3n) is 6.64. The fraction of sp³-hybridized carbons (Fsp3) is 0.345. The van der Waals surface area contributed by atoms with E-state index in [0.717, 1.165) is 50.3 Å². The molecule has 1 heterocycles. The van der Waals surface area contributed by atoms with E-state index in [1.54, 1.807) is 24.3 Å². The molecule has 0 spiro atoms. The molecule has 0 bridgehead atoms. The van der Waals surface area contributed by atoms with E-state index in [1.165, 1.54) is 48.5 Å². The number of ether oxygens (including phenoxy) is 1. The van der Waals surface area contributed by atoms with Crippen LogP contribution in [-0.2, 0) is 4.74 Å². The summed E-state index contributed by atoms with van der Waals surface area (Å²) in [6.07, 6.45) is 0.533. The molecule has 1 fully saturated rings. The Morgan fingerprint density at radius 1 is 0.763 bits per heavy atom. The highest BCUT2D eigenvalue weighted by atomic mass is 35.5. The van der Waals surface area contributed by atoms with Crippen molar-refractivity contribution in [3.63, 3.8) is 0 Å². The molecular formula is C29H33Cl2F3N2O2. The lowest BCUT2D eigenvalue weighted by molar-refractivity contribution is -0.0906. The Labute approximate surface area is 234 Å². The van der Waals surface area contributed by atoms with Gasteiger partial charge < -0.3 is 9.64 Å². The Morgan fingerprint density at radius 3 is 1.68 bits per heavy atom. The summed E-state index contributed by atoms with van der Waals surface area (Å²) in [5, 5.41) is 0. The van der Waals surface area contributed by atoms with E-state index in [1.807, 2.05) is 6.92 Å². The summed E-state index contributed by atoms with van der Waals surface area (Å²) in [5.74, 6) is -0.951. The summed E-state index contributed by atoms with van der Waals surface area (Å²) in [5.41, 5.74) is 2.16. The zero-order valence-corrected chi connectivity index (χ0v) is 22.8. The van der Waals surface area contributed by atoms with Gasteiger partial charge in [-0.2, -0.15) is 0 Å². The predicted molar refractivity (Wildman–Crippen MR) is 148 cm³/mol. The summed E-state index contributed by atoms with van der Waals surface area (Å²) in [6, 6.07) is 18.1. The van der Waals surface area contributed by atoms with E-state index in [2.05, 4.69) is 9.80 Å². The van der Waals surface area contributed by atoms with Gasteiger partial charge in [-0.25, -0.2) is 13.2 Å². The van der Waals surface area contributed by atoms with Gasteiger partial charge in [-0.15, -0.1) is 24.8 Å². The first kappa shape index (κ1) is 31.8. The Hall–Kier alpha value is -2.42. The molecular weight excluding hydrogens is 536 g/mol. The number of hydrogen-bond acceptors (Lipinski definition) is 4. The molecule has 1 aliphatic heterocycles. The van der Waals surface area contributed by atoms with E-state index < -0.39 is 6.10 Å². The molecule has 3 aromatic carbocycles. The fourth-order valence-corrected chi connectivity index (χ4v) is 4.50. The van der Waals surface area contributed by atoms with Crippen molar-refractivity contribution in [1.29, 1.82) is 0 Å². The second-order valence-electron chi connectivity index (χ2n) is 9.13. The first-order chi connectivity index (χ1) is 17.4. The highest BCUT2D eigenvalue weighted by Crippen LogP contribution is 2.29. The second-order valence-corrected chi connectivity index (χ2v) is 9.13. The summed E-state index contributed by atoms with van der Waals surface area (Å²) >= 11 is 0. The number of nitrogens with zero attached hydrogens (tertiary/aromatic N) is 2. The van der Waals surface area contributed by atoms with Crippen LogP contribution in [0.15, 0.2) is 72.8 Å². The third kappa shape index (κ3) is 8.82. The number of carbonyl (C=O) groups excluding carboxylic acids is 1. The molecule has 1 unspecified atom stereocenters. The monoisotopic (exact) mass is 568 g/mol. The Bertz CT molecular complexity index is 1080. The van der Waals surface area contributed by atoms with Crippen LogP contribution in [0.1, 0.15) is 47.4 Å². The van der Waals surface area contributed by atoms with Crippen molar-refractivity contribution in [1.82, 2.24) is 9.80 Å². The zero-order valence-electron chi connectivity index (χ0n) is 21.2. The van der Waals surface area contributed by atoms with Crippen LogP contribution in [0.4, 0.5) is 13.2 Å². The van der Waals surface area contributed by atoms with Gasteiger partial charge in [0, 0.05) is 38.2 Å². The van der Waals surface area contributed by atoms with E-state index in [9.17, 15) is 18.0 Å². The number of carbonyl (C=O) groups is 1. The number of piperazine rings is 1. The van der Waals surface area contributed by atoms with Gasteiger partial charge in [0.2, 0.25) is 0 Å². The van der Waals surface area contributed by atoms with Crippen LogP contribution >= 0.6 is 24.8 Å². The minimum Gasteiger partial charge on any atom is -0.351 e. The van der Waals surface area contributed by atoms with Crippen molar-refractivity contribution < 1.29 is 22.7 Å². The van der Waals surface area contributed by atoms with Gasteiger partial charge in [-0.05, 0) is 79.5 Å². The molecule has 1 saturated heterocycles. The predicted octanol–water partition coefficient (Wildman–Crippen LogP) is 6.68. The maximum atomic E-state index is 13.5. The highest BCUT2D eigenvalue weighted by molar-refractivity contribution is 5.95. The average Bonchev–Trinajstić information content (AvgIpc) is 2.89. The van der Waals surface area contributed by atoms with Crippen molar-refractivity contribution in [2.45, 2.75) is 32.1 Å². The summed E-state index contributed by atoms with van der Waals surface area (Å²) in [4.78, 5) is 16.9. The van der Waals surface area contributed by atoms with Crippen LogP contribution in [-0.4, -0.2) is 54.5 Å². The van der Waals surface area contributed by atoms with E-state index >= 15 is 0 Å². The first-order valence-corrected chi connectivity index (χ1v) is 12.3. The van der Waals surface area contributed by atoms with Gasteiger partial charge in [0.1, 0.15) is 29.8 Å². The molecule has 0 amide bonds. The highest BCUT2D eigenvalue weighted by Gasteiger charge is 2.25. The summed E-state index contributed by atoms with van der Waals surface area (Å²) < 4.78 is 46.5. The van der Waals surface area contributed by atoms with Gasteiger partial charge >= 0.3 is 0 Å². The molecule has 0 saturated carbocycles. The normalized spacial score (nSPS) is 15.0. The van der Waals surface area contributed by atoms with E-state index in [0.29, 0.717) is 12.0 Å². The first-order valence-electron chi connectivity index (χ1n) is 12.3. The van der Waals surface area contributed by atoms with Crippen molar-refractivity contribution in [3.8, 4) is 0 Å². The fourth-order valence-electron chi connectivity index (χ4n) is 4.50. The molecule has 38 heavy (non-hydrogen) atoms. The number of Topliss-reactive ketones (excluding diaryl/α,β-unsaturated/α-hetero) is 1. The Kier molecular flexibility index (Phi) is 12.8. The lowest BCUT2D eigenvalue weighted by atomic mass is 10.0. The van der Waals surface area contributed by atoms with Gasteiger partial charge in [0.05, 0.1) is 0 Å². The van der Waals surface area contributed by atoms with Gasteiger partial charge in [0.25, 0.3) is 0 Å². The SMILES string of the molecule is CC(OC(c1ccc(F)cc1)c1ccc(F)cc1)N1CCN(CCCC(=O)c2ccc(F)cc2)CC1.Cl.Cl. The maximum Gasteiger partial charge on any atom is 0.162 e. The number of halogens is 5. The maximum absolute atomic E-state index is 13.5. The van der Waals surface area contributed by atoms with Crippen molar-refractivity contribution >= 4 is 30.6 Å². The zero-order chi connectivity index (χ0) is 25.5. The Morgan fingerprint density at radius 2 is 1.21 bits per heavy atom. The molecule has 0 N–H and O–H groups in total. The molecule has 0 radical (unpaired) electrons. The van der Waals surface area contributed by atoms with Crippen LogP contribution in [0.25, 0.3) is 0 Å². The van der Waals surface area contributed by atoms with Gasteiger partial charge in [0.15, 0.2) is 5.78 Å². The van der Waals surface area contributed by atoms with Crippen LogP contribution in [0.5, 0.6) is 0 Å². The largest absolute Gasteiger partial charge is 0.351 e. The Balaban J connectivity index is 0.00000253. The number of rotatable bonds is 10. The number of benzene rings is 3. The minimum atomic E-state index is -0.447. The lowest BCUT2D eigenvalue weighted by Gasteiger charge is -2.39. The number of hydrogen-bond donors (Lipinski definition) is 0. The summed E-state index contributed by atoms with van der Waals surface area (Å²) in [6.45, 7) is 6.16. The smallest absolute Gasteiger partial charge is 0.162 e. The molecule has 1 atom stereocenters. The molecule has 4 nitrogen and oxygen atoms in total. The second kappa shape index (κ2) is 15.2. The standard InChI is InChI=1S/C29H31F3N2O2.2ClH/c1-21(36-29(23-6-12-26(31)13-7-23)24-8-14-27(32)15-9-24)34-19-17-33(18-20-34)16-2-3-28(35)22-4-10-25(30)11-5-22;;/h4-15,21,29H,2-3,16-20H2,1H3;2*1H. The van der Waals surface area contributed by atoms with Gasteiger partial charge in [-0.1, -0.05) is 24.3 Å². The molecule has 4 rings (SSSR count). The third-order valence-corrected chi connectivity index (χ3v) is 6.64. The minimum absolute atomic E-state index is 0. The molecule has 0 aromatic heterocycles. The summed E-state index contributed by atoms with van der Waals surface area (Å²) in [7, 11) is 0. The van der Waals surface area contributed by atoms with Crippen LogP contribution in [0.3, 0.4) is 0 Å². The van der Waals surface area contributed by atoms with E-state index in [-0.39, 0.29) is 54.3 Å². The topological polar surface area (TPSA) is 32.8 Å². The average molecular weight is 569 g/mol. The molecule has 206 valence electrons. The lowest BCUT2D eigenvalue weighted by Crippen LogP contribution is -2.50. The van der Waals surface area contributed by atoms with Crippen LogP contribution in [0.2, 0.25) is 0 Å². The van der Waals surface area contributed by atoms with Crippen molar-refractivity contribution in [2.24, 2.45) is 0 Å². The van der Waals surface area contributed by atoms with Gasteiger partial charge in [-0.3, -0.25) is 9.69 Å². The number of ketones is 1. The van der Waals surface area contributed by atoms with Crippen molar-refractivity contribution in [3.05, 3.63) is 107 Å². The molecule has 9 heteroatoms. The molecule has 3 aromatic rings. The van der Waals surface area contributed by atoms with Crippen molar-refractivity contribution in [2.75, 3.05) is 32.7 Å².